The standard InChI is InChI=1S/C12H12BO8/c1-3-5-7-9(14)18-13(19-10(7)15)20-11(16)8(6-4-2)12(17)21-13/h3-4,7-8H,1-2,5-6H2/q-1. The normalized spacial score (nSPS) is 31.8. The third kappa shape index (κ3) is 2.67. The van der Waals surface area contributed by atoms with Crippen LogP contribution in [0.3, 0.4) is 0 Å². The van der Waals surface area contributed by atoms with Crippen LogP contribution in [0.15, 0.2) is 25.3 Å². The quantitative estimate of drug-likeness (QED) is 0.405. The maximum atomic E-state index is 11.7. The Morgan fingerprint density at radius 1 is 0.762 bits per heavy atom. The van der Waals surface area contributed by atoms with E-state index in [0.29, 0.717) is 0 Å². The molecule has 2 fully saturated rings. The summed E-state index contributed by atoms with van der Waals surface area (Å²) in [5.74, 6) is -6.47. The van der Waals surface area contributed by atoms with Gasteiger partial charge in [-0.1, -0.05) is 12.2 Å². The predicted octanol–water partition coefficient (Wildman–Crippen LogP) is 0.00660. The van der Waals surface area contributed by atoms with E-state index >= 15 is 0 Å². The topological polar surface area (TPSA) is 105 Å². The maximum Gasteiger partial charge on any atom is 0.784 e. The summed E-state index contributed by atoms with van der Waals surface area (Å²) in [6.45, 7) is 3.27. The van der Waals surface area contributed by atoms with Crippen LogP contribution in [-0.2, 0) is 37.8 Å². The minimum atomic E-state index is -3.52. The number of allylic oxidation sites excluding steroid dienone is 2. The molecule has 9 heteroatoms. The Balaban J connectivity index is 2.19. The van der Waals surface area contributed by atoms with E-state index in [1.54, 1.807) is 0 Å². The highest BCUT2D eigenvalue weighted by Gasteiger charge is 2.58. The molecule has 8 nitrogen and oxygen atoms in total. The maximum absolute atomic E-state index is 11.7. The molecule has 0 amide bonds. The van der Waals surface area contributed by atoms with Crippen LogP contribution in [0.5, 0.6) is 0 Å². The third-order valence-corrected chi connectivity index (χ3v) is 2.98. The van der Waals surface area contributed by atoms with Crippen molar-refractivity contribution in [1.82, 2.24) is 0 Å². The fourth-order valence-corrected chi connectivity index (χ4v) is 1.95. The Morgan fingerprint density at radius 3 is 1.29 bits per heavy atom. The van der Waals surface area contributed by atoms with Crippen LogP contribution >= 0.6 is 0 Å². The zero-order chi connectivity index (χ0) is 15.6. The van der Waals surface area contributed by atoms with Crippen molar-refractivity contribution in [2.75, 3.05) is 0 Å². The van der Waals surface area contributed by atoms with E-state index in [0.717, 1.165) is 0 Å². The molecule has 2 saturated heterocycles. The second-order valence-electron chi connectivity index (χ2n) is 4.48. The molecule has 0 N–H and O–H groups in total. The smallest absolute Gasteiger partial charge is 0.584 e. The molecule has 0 aromatic heterocycles. The average molecular weight is 295 g/mol. The van der Waals surface area contributed by atoms with E-state index in [1.807, 2.05) is 0 Å². The Labute approximate surface area is 119 Å². The first-order valence-electron chi connectivity index (χ1n) is 6.18. The van der Waals surface area contributed by atoms with E-state index in [9.17, 15) is 19.2 Å². The van der Waals surface area contributed by atoms with Gasteiger partial charge < -0.3 is 18.6 Å². The summed E-state index contributed by atoms with van der Waals surface area (Å²) in [5.41, 5.74) is 0. The largest absolute Gasteiger partial charge is 0.784 e. The summed E-state index contributed by atoms with van der Waals surface area (Å²) >= 11 is 0. The van der Waals surface area contributed by atoms with Crippen molar-refractivity contribution in [2.45, 2.75) is 12.8 Å². The summed E-state index contributed by atoms with van der Waals surface area (Å²) < 4.78 is 19.0. The van der Waals surface area contributed by atoms with Crippen molar-refractivity contribution in [1.29, 1.82) is 0 Å². The number of hydrogen-bond donors (Lipinski definition) is 0. The van der Waals surface area contributed by atoms with Crippen molar-refractivity contribution < 1.29 is 37.8 Å². The minimum absolute atomic E-state index is 0.00912. The molecule has 2 heterocycles. The molecule has 0 aromatic carbocycles. The zero-order valence-corrected chi connectivity index (χ0v) is 11.0. The van der Waals surface area contributed by atoms with Gasteiger partial charge in [0.2, 0.25) is 0 Å². The van der Waals surface area contributed by atoms with Crippen LogP contribution < -0.4 is 0 Å². The van der Waals surface area contributed by atoms with Gasteiger partial charge in [-0.2, -0.15) is 0 Å². The predicted molar refractivity (Wildman–Crippen MR) is 66.7 cm³/mol. The molecule has 1 spiro atoms. The zero-order valence-electron chi connectivity index (χ0n) is 11.0. The van der Waals surface area contributed by atoms with Gasteiger partial charge in [-0.3, -0.25) is 19.2 Å². The summed E-state index contributed by atoms with van der Waals surface area (Å²) in [6, 6.07) is 0. The van der Waals surface area contributed by atoms with Crippen LogP contribution in [0.1, 0.15) is 12.8 Å². The highest BCUT2D eigenvalue weighted by atomic mass is 16.9. The molecule has 0 radical (unpaired) electrons. The lowest BCUT2D eigenvalue weighted by atomic mass is 9.92. The first-order chi connectivity index (χ1) is 9.92. The molecule has 2 aliphatic rings. The molecule has 112 valence electrons. The average Bonchev–Trinajstić information content (AvgIpc) is 2.38. The molecule has 0 bridgehead atoms. The lowest BCUT2D eigenvalue weighted by Crippen LogP contribution is -2.64. The van der Waals surface area contributed by atoms with Crippen molar-refractivity contribution >= 4 is 30.8 Å². The fourth-order valence-electron chi connectivity index (χ4n) is 1.95. The second kappa shape index (κ2) is 5.43. The molecule has 0 unspecified atom stereocenters. The SMILES string of the molecule is C=CCC1C(=O)O[B-]2(OC1=O)OC(=O)C(CC=C)C(=O)O2. The lowest BCUT2D eigenvalue weighted by Gasteiger charge is -2.46. The number of carbonyl (C=O) groups excluding carboxylic acids is 4. The Kier molecular flexibility index (Phi) is 3.83. The number of carbonyl (C=O) groups is 4. The molecule has 0 aliphatic carbocycles. The number of hydrogen-bond acceptors (Lipinski definition) is 8. The van der Waals surface area contributed by atoms with Gasteiger partial charge in [0.15, 0.2) is 0 Å². The van der Waals surface area contributed by atoms with Crippen LogP contribution in [0.4, 0.5) is 0 Å². The second-order valence-corrected chi connectivity index (χ2v) is 4.48. The van der Waals surface area contributed by atoms with Gasteiger partial charge in [0.1, 0.15) is 11.8 Å². The highest BCUT2D eigenvalue weighted by Crippen LogP contribution is 2.30. The molecule has 21 heavy (non-hydrogen) atoms. The molecule has 0 aromatic rings. The summed E-state index contributed by atoms with van der Waals surface area (Å²) in [5, 5.41) is 0. The van der Waals surface area contributed by atoms with Crippen LogP contribution in [0, 0.1) is 11.8 Å². The molecular formula is C12H12BO8-. The summed E-state index contributed by atoms with van der Waals surface area (Å²) in [7, 11) is 0. The van der Waals surface area contributed by atoms with Crippen LogP contribution in [-0.4, -0.2) is 30.8 Å². The highest BCUT2D eigenvalue weighted by molar-refractivity contribution is 6.63. The first-order valence-corrected chi connectivity index (χ1v) is 6.18. The van der Waals surface area contributed by atoms with Gasteiger partial charge in [-0.15, -0.1) is 13.2 Å². The molecular weight excluding hydrogens is 283 g/mol. The lowest BCUT2D eigenvalue weighted by molar-refractivity contribution is -0.186. The van der Waals surface area contributed by atoms with Crippen molar-refractivity contribution in [3.05, 3.63) is 25.3 Å². The van der Waals surface area contributed by atoms with Crippen LogP contribution in [0.25, 0.3) is 0 Å². The minimum Gasteiger partial charge on any atom is -0.584 e. The van der Waals surface area contributed by atoms with E-state index in [1.165, 1.54) is 12.2 Å². The fraction of sp³-hybridized carbons (Fsp3) is 0.333. The van der Waals surface area contributed by atoms with E-state index in [2.05, 4.69) is 13.2 Å². The summed E-state index contributed by atoms with van der Waals surface area (Å²) in [4.78, 5) is 46.9. The van der Waals surface area contributed by atoms with Gasteiger partial charge in [0.05, 0.1) is 0 Å². The van der Waals surface area contributed by atoms with Crippen molar-refractivity contribution in [3.63, 3.8) is 0 Å². The van der Waals surface area contributed by atoms with Gasteiger partial charge in [0, 0.05) is 0 Å². The molecule has 0 saturated carbocycles. The third-order valence-electron chi connectivity index (χ3n) is 2.98. The van der Waals surface area contributed by atoms with Crippen molar-refractivity contribution in [2.24, 2.45) is 11.8 Å². The van der Waals surface area contributed by atoms with E-state index in [4.69, 9.17) is 18.6 Å². The molecule has 0 atom stereocenters. The monoisotopic (exact) mass is 295 g/mol. The number of rotatable bonds is 4. The Morgan fingerprint density at radius 2 is 1.05 bits per heavy atom. The van der Waals surface area contributed by atoms with Gasteiger partial charge in [0.25, 0.3) is 23.9 Å². The summed E-state index contributed by atoms with van der Waals surface area (Å²) in [6.07, 6.45) is 2.64. The first kappa shape index (κ1) is 14.8. The van der Waals surface area contributed by atoms with Gasteiger partial charge in [-0.25, -0.2) is 0 Å². The van der Waals surface area contributed by atoms with Gasteiger partial charge >= 0.3 is 6.96 Å². The van der Waals surface area contributed by atoms with Crippen molar-refractivity contribution in [3.8, 4) is 0 Å². The van der Waals surface area contributed by atoms with E-state index in [-0.39, 0.29) is 12.8 Å². The van der Waals surface area contributed by atoms with Crippen LogP contribution in [0.2, 0.25) is 0 Å². The van der Waals surface area contributed by atoms with Gasteiger partial charge in [-0.05, 0) is 12.8 Å². The Hall–Kier alpha value is -2.58. The van der Waals surface area contributed by atoms with E-state index < -0.39 is 42.7 Å². The molecule has 2 aliphatic heterocycles. The Bertz CT molecular complexity index is 452. The molecule has 2 rings (SSSR count).